The molecule has 1 rings (SSSR count). The van der Waals surface area contributed by atoms with E-state index < -0.39 is 24.3 Å². The molecular formula is C34H58N2O6. The Labute approximate surface area is 254 Å². The largest absolute Gasteiger partial charge is 0.481 e. The molecule has 0 amide bonds. The number of carboxylic acid groups (broad SMARTS) is 1. The summed E-state index contributed by atoms with van der Waals surface area (Å²) in [6.45, 7) is 6.65. The van der Waals surface area contributed by atoms with Crippen LogP contribution in [0.5, 0.6) is 0 Å². The van der Waals surface area contributed by atoms with Crippen LogP contribution in [0.3, 0.4) is 0 Å². The second-order valence-electron chi connectivity index (χ2n) is 11.4. The zero-order valence-corrected chi connectivity index (χ0v) is 26.2. The van der Waals surface area contributed by atoms with Crippen LogP contribution in [-0.4, -0.2) is 81.6 Å². The molecule has 1 aromatic rings. The van der Waals surface area contributed by atoms with Gasteiger partial charge in [0, 0.05) is 25.0 Å². The Kier molecular flexibility index (Phi) is 21.1. The van der Waals surface area contributed by atoms with E-state index in [4.69, 9.17) is 5.11 Å². The number of nitrogens with one attached hydrogen (secondary N) is 2. The van der Waals surface area contributed by atoms with Gasteiger partial charge in [-0.05, 0) is 75.1 Å². The van der Waals surface area contributed by atoms with Crippen molar-refractivity contribution in [2.75, 3.05) is 19.7 Å². The number of carboxylic acids is 1. The molecule has 0 saturated heterocycles. The third-order valence-electron chi connectivity index (χ3n) is 7.55. The molecule has 0 aromatic heterocycles. The highest BCUT2D eigenvalue weighted by Gasteiger charge is 2.22. The molecule has 42 heavy (non-hydrogen) atoms. The van der Waals surface area contributed by atoms with Gasteiger partial charge in [0.15, 0.2) is 0 Å². The molecule has 0 radical (unpaired) electrons. The maximum absolute atomic E-state index is 11.1. The van der Waals surface area contributed by atoms with Gasteiger partial charge in [-0.2, -0.15) is 0 Å². The second kappa shape index (κ2) is 23.4. The summed E-state index contributed by atoms with van der Waals surface area (Å²) in [5.41, 5.74) is 3.17. The fraction of sp³-hybridized carbons (Fsp3) is 0.676. The molecular weight excluding hydrogens is 532 g/mol. The highest BCUT2D eigenvalue weighted by Crippen LogP contribution is 2.26. The first-order valence-electron chi connectivity index (χ1n) is 16.0. The van der Waals surface area contributed by atoms with Crippen LogP contribution in [0.15, 0.2) is 53.6 Å². The number of unbranched alkanes of at least 4 members (excludes halogenated alkanes) is 2. The van der Waals surface area contributed by atoms with Gasteiger partial charge in [-0.15, -0.1) is 0 Å². The Balaban J connectivity index is 3.37. The van der Waals surface area contributed by atoms with Crippen molar-refractivity contribution in [3.05, 3.63) is 59.2 Å². The number of aliphatic hydroxyl groups excluding tert-OH is 4. The van der Waals surface area contributed by atoms with E-state index in [1.807, 2.05) is 37.3 Å². The number of carbonyl (C=O) groups is 1. The van der Waals surface area contributed by atoms with Crippen LogP contribution in [0, 0.1) is 0 Å². The molecule has 0 aliphatic rings. The molecule has 0 aliphatic carbocycles. The van der Waals surface area contributed by atoms with Crippen LogP contribution in [0.1, 0.15) is 97.0 Å². The summed E-state index contributed by atoms with van der Waals surface area (Å²) >= 11 is 0. The van der Waals surface area contributed by atoms with Crippen LogP contribution < -0.4 is 10.6 Å². The number of rotatable bonds is 25. The zero-order chi connectivity index (χ0) is 31.2. The van der Waals surface area contributed by atoms with Crippen molar-refractivity contribution in [2.45, 2.75) is 128 Å². The van der Waals surface area contributed by atoms with Crippen LogP contribution in [0.25, 0.3) is 0 Å². The quantitative estimate of drug-likeness (QED) is 0.0652. The fourth-order valence-corrected chi connectivity index (χ4v) is 5.23. The number of hydrogen-bond donors (Lipinski definition) is 7. The summed E-state index contributed by atoms with van der Waals surface area (Å²) in [5.74, 6) is -0.802. The Morgan fingerprint density at radius 2 is 1.67 bits per heavy atom. The Bertz CT molecular complexity index is 889. The number of aliphatic carboxylic acids is 1. The second-order valence-corrected chi connectivity index (χ2v) is 11.4. The Hall–Kier alpha value is -2.07. The lowest BCUT2D eigenvalue weighted by molar-refractivity contribution is -0.137. The van der Waals surface area contributed by atoms with E-state index in [1.54, 1.807) is 6.92 Å². The number of aryl methyl sites for hydroxylation is 1. The minimum atomic E-state index is -0.935. The normalized spacial score (nSPS) is 16.2. The molecule has 7 N–H and O–H groups in total. The lowest BCUT2D eigenvalue weighted by atomic mass is 9.87. The van der Waals surface area contributed by atoms with E-state index in [0.29, 0.717) is 25.8 Å². The van der Waals surface area contributed by atoms with E-state index in [1.165, 1.54) is 5.56 Å². The summed E-state index contributed by atoms with van der Waals surface area (Å²) in [5, 5.41) is 57.2. The monoisotopic (exact) mass is 590 g/mol. The van der Waals surface area contributed by atoms with Gasteiger partial charge in [0.25, 0.3) is 0 Å². The number of hydrogen-bond acceptors (Lipinski definition) is 7. The average Bonchev–Trinajstić information content (AvgIpc) is 2.97. The van der Waals surface area contributed by atoms with Gasteiger partial charge in [0.05, 0.1) is 24.9 Å². The van der Waals surface area contributed by atoms with Gasteiger partial charge in [0.2, 0.25) is 0 Å². The lowest BCUT2D eigenvalue weighted by Gasteiger charge is -2.28. The standard InChI is InChI=1S/C34H58N2O6/c1-4-6-8-15-30(39)21-19-28(18-17-27-12-9-7-10-13-27)32(23-31(40)25-37)33(36-24-26(3)38)16-11-14-29(35-5-2)20-22-34(41)42/h7,9-10,12-13,19,21,26,29-31,33,35-40H,4-6,8,11,14-18,20,22-25H2,1-3H3,(H,41,42). The van der Waals surface area contributed by atoms with Crippen LogP contribution in [0.4, 0.5) is 0 Å². The Morgan fingerprint density at radius 1 is 0.929 bits per heavy atom. The van der Waals surface area contributed by atoms with Crippen molar-refractivity contribution < 1.29 is 30.3 Å². The van der Waals surface area contributed by atoms with E-state index in [0.717, 1.165) is 62.6 Å². The summed E-state index contributed by atoms with van der Waals surface area (Å²) in [7, 11) is 0. The van der Waals surface area contributed by atoms with E-state index in [2.05, 4.69) is 29.7 Å². The topological polar surface area (TPSA) is 142 Å². The first-order chi connectivity index (χ1) is 20.2. The highest BCUT2D eigenvalue weighted by atomic mass is 16.4. The first-order valence-corrected chi connectivity index (χ1v) is 16.0. The molecule has 0 bridgehead atoms. The van der Waals surface area contributed by atoms with Crippen molar-refractivity contribution in [1.82, 2.24) is 10.6 Å². The van der Waals surface area contributed by atoms with E-state index in [9.17, 15) is 25.2 Å². The van der Waals surface area contributed by atoms with Crippen molar-refractivity contribution in [1.29, 1.82) is 0 Å². The number of aliphatic hydroxyl groups is 4. The first kappa shape index (κ1) is 38.0. The predicted octanol–water partition coefficient (Wildman–Crippen LogP) is 4.51. The van der Waals surface area contributed by atoms with Gasteiger partial charge >= 0.3 is 5.97 Å². The predicted molar refractivity (Wildman–Crippen MR) is 170 cm³/mol. The SMILES string of the molecule is CCCCCC(O)C=CC(CCc1ccccc1)=C(CC(O)CO)C(CCCC(CCC(=O)O)NCC)NCC(C)O. The summed E-state index contributed by atoms with van der Waals surface area (Å²) in [6.07, 6.45) is 10.3. The molecule has 8 heteroatoms. The molecule has 240 valence electrons. The fourth-order valence-electron chi connectivity index (χ4n) is 5.23. The van der Waals surface area contributed by atoms with Crippen LogP contribution in [0.2, 0.25) is 0 Å². The molecule has 0 heterocycles. The molecule has 8 nitrogen and oxygen atoms in total. The van der Waals surface area contributed by atoms with Gasteiger partial charge in [-0.3, -0.25) is 4.79 Å². The summed E-state index contributed by atoms with van der Waals surface area (Å²) < 4.78 is 0. The highest BCUT2D eigenvalue weighted by molar-refractivity contribution is 5.66. The number of benzene rings is 1. The van der Waals surface area contributed by atoms with Gasteiger partial charge in [0.1, 0.15) is 0 Å². The summed E-state index contributed by atoms with van der Waals surface area (Å²) in [6, 6.07) is 10.1. The smallest absolute Gasteiger partial charge is 0.303 e. The zero-order valence-electron chi connectivity index (χ0n) is 26.2. The van der Waals surface area contributed by atoms with Crippen molar-refractivity contribution >= 4 is 5.97 Å². The molecule has 0 saturated carbocycles. The molecule has 5 atom stereocenters. The van der Waals surface area contributed by atoms with Gasteiger partial charge in [-0.1, -0.05) is 82.0 Å². The molecule has 0 fully saturated rings. The maximum atomic E-state index is 11.1. The van der Waals surface area contributed by atoms with E-state index >= 15 is 0 Å². The minimum Gasteiger partial charge on any atom is -0.481 e. The molecule has 1 aromatic carbocycles. The van der Waals surface area contributed by atoms with Crippen molar-refractivity contribution in [3.63, 3.8) is 0 Å². The van der Waals surface area contributed by atoms with Crippen molar-refractivity contribution in [2.24, 2.45) is 0 Å². The number of allylic oxidation sites excluding steroid dienone is 2. The third-order valence-corrected chi connectivity index (χ3v) is 7.55. The average molecular weight is 591 g/mol. The minimum absolute atomic E-state index is 0.0923. The molecule has 0 spiro atoms. The van der Waals surface area contributed by atoms with Gasteiger partial charge < -0.3 is 36.2 Å². The van der Waals surface area contributed by atoms with Crippen LogP contribution >= 0.6 is 0 Å². The Morgan fingerprint density at radius 3 is 2.29 bits per heavy atom. The molecule has 0 aliphatic heterocycles. The lowest BCUT2D eigenvalue weighted by Crippen LogP contribution is -2.38. The summed E-state index contributed by atoms with van der Waals surface area (Å²) in [4.78, 5) is 11.1. The maximum Gasteiger partial charge on any atom is 0.303 e. The van der Waals surface area contributed by atoms with Crippen molar-refractivity contribution in [3.8, 4) is 0 Å². The third kappa shape index (κ3) is 17.8. The van der Waals surface area contributed by atoms with Crippen LogP contribution in [-0.2, 0) is 11.2 Å². The van der Waals surface area contributed by atoms with E-state index in [-0.39, 0.29) is 31.5 Å². The molecule has 5 unspecified atom stereocenters. The van der Waals surface area contributed by atoms with Gasteiger partial charge in [-0.25, -0.2) is 0 Å².